The summed E-state index contributed by atoms with van der Waals surface area (Å²) in [5, 5.41) is 4.18. The van der Waals surface area contributed by atoms with Gasteiger partial charge in [-0.15, -0.1) is 0 Å². The van der Waals surface area contributed by atoms with Crippen molar-refractivity contribution in [2.45, 2.75) is 19.3 Å². The third-order valence-corrected chi connectivity index (χ3v) is 18.8. The van der Waals surface area contributed by atoms with Crippen molar-refractivity contribution >= 4 is 58.1 Å². The molecular formula is C64H49P. The van der Waals surface area contributed by atoms with Crippen LogP contribution in [0.3, 0.4) is 0 Å². The second-order valence-electron chi connectivity index (χ2n) is 18.1. The normalized spacial score (nSPS) is 13.6. The fourth-order valence-electron chi connectivity index (χ4n) is 10.9. The zero-order valence-electron chi connectivity index (χ0n) is 36.6. The van der Waals surface area contributed by atoms with Crippen molar-refractivity contribution in [1.29, 1.82) is 0 Å². The molecule has 0 N–H and O–H groups in total. The van der Waals surface area contributed by atoms with E-state index in [4.69, 9.17) is 0 Å². The molecule has 0 radical (unpaired) electrons. The van der Waals surface area contributed by atoms with Gasteiger partial charge in [0.25, 0.3) is 0 Å². The predicted octanol–water partition coefficient (Wildman–Crippen LogP) is 13.8. The number of rotatable bonds is 6. The first-order chi connectivity index (χ1) is 32.1. The third kappa shape index (κ3) is 7.07. The summed E-state index contributed by atoms with van der Waals surface area (Å²) in [6.45, 7) is 2.54. The Morgan fingerprint density at radius 2 is 0.462 bits per heavy atom. The zero-order valence-corrected chi connectivity index (χ0v) is 37.6. The first-order valence-electron chi connectivity index (χ1n) is 23.0. The van der Waals surface area contributed by atoms with Crippen LogP contribution in [-0.2, 0) is 19.3 Å². The molecule has 0 amide bonds. The maximum absolute atomic E-state index is 2.54. The van der Waals surface area contributed by atoms with Crippen molar-refractivity contribution in [3.63, 3.8) is 0 Å². The monoisotopic (exact) mass is 848 g/mol. The summed E-state index contributed by atoms with van der Waals surface area (Å²) in [6.07, 6.45) is 10.1. The SMILES string of the molecule is C[PH](c1ccc(C=C2c3ccccc3Cc3ccccc32)cc1)(c1ccc(C=C2c3ccccc3Cc3ccccc32)cc1)c1ccc(C=C2c3ccccc3Cc3ccccc32)cc1. The molecule has 0 heterocycles. The van der Waals surface area contributed by atoms with Crippen LogP contribution in [-0.4, -0.2) is 6.66 Å². The second kappa shape index (κ2) is 16.3. The van der Waals surface area contributed by atoms with Gasteiger partial charge in [-0.05, 0) is 0 Å². The van der Waals surface area contributed by atoms with E-state index in [0.29, 0.717) is 0 Å². The fraction of sp³-hybridized carbons (Fsp3) is 0.0625. The van der Waals surface area contributed by atoms with Crippen LogP contribution in [0.15, 0.2) is 218 Å². The Hall–Kier alpha value is -7.37. The van der Waals surface area contributed by atoms with Gasteiger partial charge < -0.3 is 0 Å². The van der Waals surface area contributed by atoms with Gasteiger partial charge in [0.1, 0.15) is 0 Å². The van der Waals surface area contributed by atoms with Gasteiger partial charge in [0.15, 0.2) is 0 Å². The average Bonchev–Trinajstić information content (AvgIpc) is 3.36. The van der Waals surface area contributed by atoms with Crippen molar-refractivity contribution in [1.82, 2.24) is 0 Å². The molecule has 12 rings (SSSR count). The molecule has 0 nitrogen and oxygen atoms in total. The van der Waals surface area contributed by atoms with E-state index >= 15 is 0 Å². The summed E-state index contributed by atoms with van der Waals surface area (Å²) in [4.78, 5) is 0. The van der Waals surface area contributed by atoms with Crippen molar-refractivity contribution in [2.75, 3.05) is 6.66 Å². The molecule has 9 aromatic carbocycles. The van der Waals surface area contributed by atoms with Crippen molar-refractivity contribution in [2.24, 2.45) is 0 Å². The van der Waals surface area contributed by atoms with Crippen molar-refractivity contribution in [3.05, 3.63) is 302 Å². The van der Waals surface area contributed by atoms with E-state index in [1.54, 1.807) is 0 Å². The Labute approximate surface area is 384 Å². The molecule has 3 aliphatic rings. The van der Waals surface area contributed by atoms with Crippen LogP contribution in [0, 0.1) is 0 Å². The molecule has 0 saturated heterocycles. The van der Waals surface area contributed by atoms with Crippen LogP contribution < -0.4 is 15.9 Å². The molecular weight excluding hydrogens is 800 g/mol. The van der Waals surface area contributed by atoms with Gasteiger partial charge in [-0.2, -0.15) is 0 Å². The Balaban J connectivity index is 0.950. The summed E-state index contributed by atoms with van der Waals surface area (Å²) in [5.74, 6) is 0. The molecule has 0 atom stereocenters. The van der Waals surface area contributed by atoms with E-state index in [1.807, 2.05) is 0 Å². The van der Waals surface area contributed by atoms with Gasteiger partial charge in [-0.1, -0.05) is 0 Å². The number of hydrogen-bond donors (Lipinski definition) is 0. The van der Waals surface area contributed by atoms with E-state index in [0.717, 1.165) is 19.3 Å². The Morgan fingerprint density at radius 1 is 0.262 bits per heavy atom. The molecule has 65 heavy (non-hydrogen) atoms. The first-order valence-corrected chi connectivity index (χ1v) is 25.5. The summed E-state index contributed by atoms with van der Waals surface area (Å²) in [5.41, 5.74) is 23.9. The molecule has 310 valence electrons. The first kappa shape index (κ1) is 39.2. The van der Waals surface area contributed by atoms with E-state index in [1.165, 1.54) is 116 Å². The molecule has 0 unspecified atom stereocenters. The topological polar surface area (TPSA) is 0 Å². The van der Waals surface area contributed by atoms with Gasteiger partial charge in [-0.3, -0.25) is 0 Å². The van der Waals surface area contributed by atoms with Crippen LogP contribution in [0.4, 0.5) is 0 Å². The van der Waals surface area contributed by atoms with Gasteiger partial charge in [-0.25, -0.2) is 0 Å². The minimum atomic E-state index is -2.51. The zero-order chi connectivity index (χ0) is 43.3. The van der Waals surface area contributed by atoms with Gasteiger partial charge in [0.2, 0.25) is 0 Å². The summed E-state index contributed by atoms with van der Waals surface area (Å²) in [6, 6.07) is 82.0. The second-order valence-corrected chi connectivity index (χ2v) is 22.1. The summed E-state index contributed by atoms with van der Waals surface area (Å²) >= 11 is 0. The van der Waals surface area contributed by atoms with Crippen LogP contribution in [0.1, 0.15) is 83.5 Å². The third-order valence-electron chi connectivity index (χ3n) is 14.4. The van der Waals surface area contributed by atoms with Crippen molar-refractivity contribution < 1.29 is 0 Å². The standard InChI is InChI=1S/C64H49P/c1-65(53-32-26-44(27-33-53)38-62-56-20-8-2-14-47(56)41-48-15-3-9-21-57(48)62,54-34-28-45(29-35-54)39-63-58-22-10-4-16-49(58)42-50-17-5-11-23-59(50)63)55-36-30-46(31-37-55)40-64-60-24-12-6-18-51(60)43-52-19-7-13-25-61(52)64/h2-40,65H,41-43H2,1H3. The molecule has 0 fully saturated rings. The van der Waals surface area contributed by atoms with Crippen LogP contribution >= 0.6 is 7.26 Å². The quantitative estimate of drug-likeness (QED) is 0.146. The molecule has 3 aliphatic carbocycles. The number of benzene rings is 9. The number of fused-ring (bicyclic) bond motifs is 6. The fourth-order valence-corrected chi connectivity index (χ4v) is 14.4. The van der Waals surface area contributed by atoms with E-state index in [9.17, 15) is 0 Å². The maximum atomic E-state index is 2.54. The predicted molar refractivity (Wildman–Crippen MR) is 280 cm³/mol. The molecule has 0 bridgehead atoms. The van der Waals surface area contributed by atoms with Crippen molar-refractivity contribution in [3.8, 4) is 0 Å². The van der Waals surface area contributed by atoms with Crippen LogP contribution in [0.5, 0.6) is 0 Å². The molecule has 0 spiro atoms. The molecule has 0 aliphatic heterocycles. The molecule has 0 aromatic heterocycles. The van der Waals surface area contributed by atoms with E-state index < -0.39 is 7.26 Å². The van der Waals surface area contributed by atoms with Crippen LogP contribution in [0.25, 0.3) is 34.9 Å². The molecule has 0 saturated carbocycles. The van der Waals surface area contributed by atoms with Crippen LogP contribution in [0.2, 0.25) is 0 Å². The van der Waals surface area contributed by atoms with E-state index in [2.05, 4.69) is 243 Å². The summed E-state index contributed by atoms with van der Waals surface area (Å²) < 4.78 is 0. The Kier molecular flexibility index (Phi) is 9.85. The van der Waals surface area contributed by atoms with Gasteiger partial charge in [0, 0.05) is 0 Å². The number of hydrogen-bond acceptors (Lipinski definition) is 0. The minimum absolute atomic E-state index is 0.972. The van der Waals surface area contributed by atoms with Gasteiger partial charge in [0.05, 0.1) is 0 Å². The Morgan fingerprint density at radius 3 is 0.677 bits per heavy atom. The summed E-state index contributed by atoms with van der Waals surface area (Å²) in [7, 11) is -2.51. The molecule has 1 heteroatoms. The average molecular weight is 849 g/mol. The van der Waals surface area contributed by atoms with E-state index in [-0.39, 0.29) is 0 Å². The Bertz CT molecular complexity index is 2870. The molecule has 9 aromatic rings. The van der Waals surface area contributed by atoms with Gasteiger partial charge >= 0.3 is 386 Å².